The van der Waals surface area contributed by atoms with E-state index in [2.05, 4.69) is 11.1 Å². The van der Waals surface area contributed by atoms with Crippen molar-refractivity contribution in [3.05, 3.63) is 88.6 Å². The predicted molar refractivity (Wildman–Crippen MR) is 125 cm³/mol. The summed E-state index contributed by atoms with van der Waals surface area (Å²) in [5.74, 6) is 2.15. The van der Waals surface area contributed by atoms with Gasteiger partial charge in [0.2, 0.25) is 0 Å². The summed E-state index contributed by atoms with van der Waals surface area (Å²) in [5, 5.41) is 1.02. The third-order valence-electron chi connectivity index (χ3n) is 7.08. The molecule has 0 fully saturated rings. The van der Waals surface area contributed by atoms with Crippen LogP contribution in [0.5, 0.6) is 17.2 Å². The maximum atomic E-state index is 13.7. The largest absolute Gasteiger partial charge is 0.497 e. The van der Waals surface area contributed by atoms with Crippen LogP contribution in [0, 0.1) is 0 Å². The van der Waals surface area contributed by atoms with Gasteiger partial charge in [-0.1, -0.05) is 18.2 Å². The van der Waals surface area contributed by atoms with Crippen molar-refractivity contribution in [1.82, 2.24) is 9.88 Å². The first-order valence-corrected chi connectivity index (χ1v) is 11.0. The fourth-order valence-corrected chi connectivity index (χ4v) is 5.65. The Morgan fingerprint density at radius 1 is 0.879 bits per heavy atom. The van der Waals surface area contributed by atoms with Crippen LogP contribution in [-0.4, -0.2) is 43.7 Å². The van der Waals surface area contributed by atoms with Crippen LogP contribution in [-0.2, 0) is 12.0 Å². The van der Waals surface area contributed by atoms with Gasteiger partial charge in [0.15, 0.2) is 11.5 Å². The minimum atomic E-state index is -0.786. The average Bonchev–Trinajstić information content (AvgIpc) is 3.40. The van der Waals surface area contributed by atoms with Gasteiger partial charge in [-0.05, 0) is 59.5 Å². The van der Waals surface area contributed by atoms with E-state index in [9.17, 15) is 4.79 Å². The summed E-state index contributed by atoms with van der Waals surface area (Å²) >= 11 is 0. The van der Waals surface area contributed by atoms with Crippen molar-refractivity contribution < 1.29 is 19.0 Å². The van der Waals surface area contributed by atoms with E-state index in [-0.39, 0.29) is 5.91 Å². The van der Waals surface area contributed by atoms with Crippen LogP contribution in [0.1, 0.15) is 32.6 Å². The van der Waals surface area contributed by atoms with E-state index in [1.165, 1.54) is 0 Å². The Balaban J connectivity index is 1.76. The van der Waals surface area contributed by atoms with Crippen LogP contribution < -0.4 is 14.2 Å². The molecule has 2 aliphatic heterocycles. The molecule has 166 valence electrons. The fraction of sp³-hybridized carbons (Fsp3) is 0.222. The van der Waals surface area contributed by atoms with Crippen molar-refractivity contribution >= 4 is 16.8 Å². The smallest absolute Gasteiger partial charge is 0.255 e. The van der Waals surface area contributed by atoms with Crippen LogP contribution in [0.4, 0.5) is 0 Å². The standard InChI is InChI=1S/C27H24N2O4/c1-31-17-8-9-23-19(13-17)22(15-28-23)27-20-7-5-4-6-18(20)26(30)29(27)11-10-16-12-24(32-2)25(33-3)14-21(16)27/h4-9,12-15,28H,10-11H2,1-3H3. The highest BCUT2D eigenvalue weighted by Gasteiger charge is 2.55. The van der Waals surface area contributed by atoms with Crippen molar-refractivity contribution in [2.45, 2.75) is 12.0 Å². The molecule has 6 nitrogen and oxygen atoms in total. The highest BCUT2D eigenvalue weighted by Crippen LogP contribution is 2.55. The van der Waals surface area contributed by atoms with Gasteiger partial charge in [-0.25, -0.2) is 0 Å². The number of nitrogens with one attached hydrogen (secondary N) is 1. The number of carbonyl (C=O) groups excluding carboxylic acids is 1. The number of H-pyrrole nitrogens is 1. The third kappa shape index (κ3) is 2.46. The summed E-state index contributed by atoms with van der Waals surface area (Å²) in [6.45, 7) is 0.604. The Hall–Kier alpha value is -3.93. The summed E-state index contributed by atoms with van der Waals surface area (Å²) in [7, 11) is 4.96. The Kier molecular flexibility index (Phi) is 4.21. The van der Waals surface area contributed by atoms with Gasteiger partial charge in [0.05, 0.1) is 21.3 Å². The molecule has 1 unspecified atom stereocenters. The van der Waals surface area contributed by atoms with Gasteiger partial charge in [-0.3, -0.25) is 4.79 Å². The van der Waals surface area contributed by atoms with E-state index in [0.717, 1.165) is 50.9 Å². The number of methoxy groups -OCH3 is 3. The molecule has 1 aromatic heterocycles. The van der Waals surface area contributed by atoms with Gasteiger partial charge in [0.1, 0.15) is 11.3 Å². The van der Waals surface area contributed by atoms with Crippen LogP contribution in [0.3, 0.4) is 0 Å². The first kappa shape index (κ1) is 19.7. The molecule has 0 aliphatic carbocycles. The van der Waals surface area contributed by atoms with E-state index in [4.69, 9.17) is 14.2 Å². The molecule has 2 aliphatic rings. The summed E-state index contributed by atoms with van der Waals surface area (Å²) in [4.78, 5) is 19.1. The van der Waals surface area contributed by atoms with Crippen molar-refractivity contribution in [3.63, 3.8) is 0 Å². The van der Waals surface area contributed by atoms with E-state index in [1.807, 2.05) is 59.6 Å². The molecule has 4 aromatic rings. The summed E-state index contributed by atoms with van der Waals surface area (Å²) in [6.07, 6.45) is 2.77. The molecule has 0 bridgehead atoms. The number of fused-ring (bicyclic) bond motifs is 6. The zero-order chi connectivity index (χ0) is 22.7. The maximum Gasteiger partial charge on any atom is 0.255 e. The monoisotopic (exact) mass is 440 g/mol. The zero-order valence-corrected chi connectivity index (χ0v) is 18.8. The molecule has 3 aromatic carbocycles. The summed E-state index contributed by atoms with van der Waals surface area (Å²) in [6, 6.07) is 18.0. The molecule has 0 radical (unpaired) electrons. The number of hydrogen-bond donors (Lipinski definition) is 1. The van der Waals surface area contributed by atoms with Crippen molar-refractivity contribution in [1.29, 1.82) is 0 Å². The lowest BCUT2D eigenvalue weighted by molar-refractivity contribution is 0.0661. The first-order chi connectivity index (χ1) is 16.1. The highest BCUT2D eigenvalue weighted by molar-refractivity contribution is 6.03. The average molecular weight is 440 g/mol. The second-order valence-corrected chi connectivity index (χ2v) is 8.44. The van der Waals surface area contributed by atoms with Gasteiger partial charge in [0, 0.05) is 34.8 Å². The molecule has 6 heteroatoms. The molecule has 0 saturated carbocycles. The second kappa shape index (κ2) is 7.04. The number of amides is 1. The fourth-order valence-electron chi connectivity index (χ4n) is 5.65. The molecule has 3 heterocycles. The number of aromatic amines is 1. The molecular formula is C27H24N2O4. The van der Waals surface area contributed by atoms with Crippen molar-refractivity contribution in [3.8, 4) is 17.2 Å². The zero-order valence-electron chi connectivity index (χ0n) is 18.8. The van der Waals surface area contributed by atoms with Crippen LogP contribution >= 0.6 is 0 Å². The van der Waals surface area contributed by atoms with E-state index in [0.29, 0.717) is 18.0 Å². The molecule has 33 heavy (non-hydrogen) atoms. The van der Waals surface area contributed by atoms with Crippen molar-refractivity contribution in [2.24, 2.45) is 0 Å². The SMILES string of the molecule is COc1ccc2[nH]cc(C34c5cc(OC)c(OC)cc5CCN3C(=O)c3ccccc34)c2c1. The molecule has 1 atom stereocenters. The van der Waals surface area contributed by atoms with Gasteiger partial charge >= 0.3 is 0 Å². The quantitative estimate of drug-likeness (QED) is 0.508. The third-order valence-corrected chi connectivity index (χ3v) is 7.08. The van der Waals surface area contributed by atoms with Gasteiger partial charge in [-0.2, -0.15) is 0 Å². The minimum Gasteiger partial charge on any atom is -0.497 e. The number of hydrogen-bond acceptors (Lipinski definition) is 4. The summed E-state index contributed by atoms with van der Waals surface area (Å²) in [5.41, 5.74) is 5.11. The number of aromatic nitrogens is 1. The predicted octanol–water partition coefficient (Wildman–Crippen LogP) is 4.50. The van der Waals surface area contributed by atoms with Gasteiger partial charge < -0.3 is 24.1 Å². The van der Waals surface area contributed by atoms with E-state index < -0.39 is 5.54 Å². The second-order valence-electron chi connectivity index (χ2n) is 8.44. The molecule has 0 saturated heterocycles. The minimum absolute atomic E-state index is 0.0447. The van der Waals surface area contributed by atoms with E-state index >= 15 is 0 Å². The highest BCUT2D eigenvalue weighted by atomic mass is 16.5. The molecule has 1 N–H and O–H groups in total. The lowest BCUT2D eigenvalue weighted by atomic mass is 9.72. The van der Waals surface area contributed by atoms with Crippen LogP contribution in [0.2, 0.25) is 0 Å². The Bertz CT molecular complexity index is 1420. The first-order valence-electron chi connectivity index (χ1n) is 11.0. The number of benzene rings is 3. The van der Waals surface area contributed by atoms with Crippen molar-refractivity contribution in [2.75, 3.05) is 27.9 Å². The normalized spacial score (nSPS) is 18.6. The molecular weight excluding hydrogens is 416 g/mol. The maximum absolute atomic E-state index is 13.7. The number of nitrogens with zero attached hydrogens (tertiary/aromatic N) is 1. The number of rotatable bonds is 4. The summed E-state index contributed by atoms with van der Waals surface area (Å²) < 4.78 is 16.8. The Morgan fingerprint density at radius 3 is 2.45 bits per heavy atom. The lowest BCUT2D eigenvalue weighted by Gasteiger charge is -2.44. The van der Waals surface area contributed by atoms with Gasteiger partial charge in [-0.15, -0.1) is 0 Å². The molecule has 1 amide bonds. The Labute approximate surface area is 191 Å². The molecule has 6 rings (SSSR count). The number of carbonyl (C=O) groups is 1. The van der Waals surface area contributed by atoms with Crippen LogP contribution in [0.25, 0.3) is 10.9 Å². The van der Waals surface area contributed by atoms with E-state index in [1.54, 1.807) is 21.3 Å². The lowest BCUT2D eigenvalue weighted by Crippen LogP contribution is -2.50. The van der Waals surface area contributed by atoms with Gasteiger partial charge in [0.25, 0.3) is 5.91 Å². The topological polar surface area (TPSA) is 63.8 Å². The van der Waals surface area contributed by atoms with Crippen LogP contribution in [0.15, 0.2) is 60.8 Å². The molecule has 0 spiro atoms. The number of ether oxygens (including phenoxy) is 3. The Morgan fingerprint density at radius 2 is 1.67 bits per heavy atom.